The number of nitrogens with zero attached hydrogens (tertiary/aromatic N) is 3. The van der Waals surface area contributed by atoms with Crippen LogP contribution in [0.3, 0.4) is 0 Å². The zero-order valence-corrected chi connectivity index (χ0v) is 14.3. The van der Waals surface area contributed by atoms with Gasteiger partial charge in [-0.15, -0.1) is 0 Å². The molecule has 3 rings (SSSR count). The van der Waals surface area contributed by atoms with Gasteiger partial charge < -0.3 is 10.2 Å². The fourth-order valence-electron chi connectivity index (χ4n) is 3.20. The van der Waals surface area contributed by atoms with Crippen LogP contribution in [0.4, 0.5) is 5.82 Å². The molecule has 1 N–H and O–H groups in total. The van der Waals surface area contributed by atoms with Gasteiger partial charge in [-0.05, 0) is 37.8 Å². The first kappa shape index (κ1) is 16.4. The average Bonchev–Trinajstić information content (AvgIpc) is 2.62. The van der Waals surface area contributed by atoms with Gasteiger partial charge in [0, 0.05) is 37.9 Å². The van der Waals surface area contributed by atoms with E-state index in [0.717, 1.165) is 31.7 Å². The van der Waals surface area contributed by atoms with Crippen molar-refractivity contribution in [3.8, 4) is 0 Å². The Morgan fingerprint density at radius 2 is 2.04 bits per heavy atom. The Morgan fingerprint density at radius 3 is 2.71 bits per heavy atom. The van der Waals surface area contributed by atoms with Crippen LogP contribution in [0.2, 0.25) is 0 Å². The van der Waals surface area contributed by atoms with Crippen LogP contribution in [0.15, 0.2) is 36.8 Å². The second kappa shape index (κ2) is 7.43. The molecule has 0 bridgehead atoms. The Labute approximate surface area is 143 Å². The molecule has 24 heavy (non-hydrogen) atoms. The predicted molar refractivity (Wildman–Crippen MR) is 94.7 cm³/mol. The molecular formula is C19H24N4O. The zero-order chi connectivity index (χ0) is 16.9. The Kier molecular flexibility index (Phi) is 5.08. The number of carbonyl (C=O) groups excluding carboxylic acids is 1. The molecule has 0 saturated carbocycles. The lowest BCUT2D eigenvalue weighted by Crippen LogP contribution is -2.40. The summed E-state index contributed by atoms with van der Waals surface area (Å²) in [6, 6.07) is 6.34. The van der Waals surface area contributed by atoms with Crippen LogP contribution in [-0.4, -0.2) is 29.0 Å². The summed E-state index contributed by atoms with van der Waals surface area (Å²) in [6.45, 7) is 6.48. The first-order valence-electron chi connectivity index (χ1n) is 8.48. The molecule has 1 aromatic heterocycles. The van der Waals surface area contributed by atoms with E-state index in [1.165, 1.54) is 16.7 Å². The van der Waals surface area contributed by atoms with Crippen LogP contribution in [0, 0.1) is 19.8 Å². The highest BCUT2D eigenvalue weighted by molar-refractivity contribution is 5.79. The van der Waals surface area contributed by atoms with Crippen molar-refractivity contribution in [2.45, 2.75) is 33.2 Å². The quantitative estimate of drug-likeness (QED) is 0.939. The van der Waals surface area contributed by atoms with Crippen molar-refractivity contribution in [2.75, 3.05) is 18.0 Å². The molecule has 1 aliphatic rings. The maximum absolute atomic E-state index is 12.4. The molecule has 1 amide bonds. The highest BCUT2D eigenvalue weighted by atomic mass is 16.1. The molecule has 0 spiro atoms. The van der Waals surface area contributed by atoms with Crippen molar-refractivity contribution in [2.24, 2.45) is 5.92 Å². The molecule has 1 aromatic carbocycles. The van der Waals surface area contributed by atoms with Crippen molar-refractivity contribution < 1.29 is 4.79 Å². The van der Waals surface area contributed by atoms with E-state index in [2.05, 4.69) is 52.2 Å². The lowest BCUT2D eigenvalue weighted by molar-refractivity contribution is -0.125. The van der Waals surface area contributed by atoms with E-state index in [0.29, 0.717) is 6.54 Å². The SMILES string of the molecule is Cc1ccc(CNC(=O)C2CCN(c3cnccn3)CC2)c(C)c1. The molecule has 0 aliphatic carbocycles. The Hall–Kier alpha value is -2.43. The summed E-state index contributed by atoms with van der Waals surface area (Å²) < 4.78 is 0. The lowest BCUT2D eigenvalue weighted by Gasteiger charge is -2.31. The van der Waals surface area contributed by atoms with Gasteiger partial charge in [0.25, 0.3) is 0 Å². The third kappa shape index (κ3) is 3.91. The van der Waals surface area contributed by atoms with Gasteiger partial charge in [-0.25, -0.2) is 4.98 Å². The summed E-state index contributed by atoms with van der Waals surface area (Å²) in [7, 11) is 0. The second-order valence-corrected chi connectivity index (χ2v) is 6.47. The number of amides is 1. The smallest absolute Gasteiger partial charge is 0.223 e. The van der Waals surface area contributed by atoms with E-state index >= 15 is 0 Å². The Balaban J connectivity index is 1.50. The number of aryl methyl sites for hydroxylation is 2. The minimum absolute atomic E-state index is 0.0867. The first-order valence-corrected chi connectivity index (χ1v) is 8.48. The Bertz CT molecular complexity index is 694. The van der Waals surface area contributed by atoms with Gasteiger partial charge in [0.05, 0.1) is 6.20 Å². The predicted octanol–water partition coefficient (Wildman–Crippen LogP) is 2.63. The van der Waals surface area contributed by atoms with Gasteiger partial charge in [-0.2, -0.15) is 0 Å². The molecule has 0 unspecified atom stereocenters. The van der Waals surface area contributed by atoms with Crippen molar-refractivity contribution in [3.05, 3.63) is 53.5 Å². The molecule has 1 aliphatic heterocycles. The molecule has 5 nitrogen and oxygen atoms in total. The van der Waals surface area contributed by atoms with E-state index in [9.17, 15) is 4.79 Å². The molecule has 2 aromatic rings. The number of hydrogen-bond donors (Lipinski definition) is 1. The van der Waals surface area contributed by atoms with Gasteiger partial charge in [0.15, 0.2) is 0 Å². The number of carbonyl (C=O) groups is 1. The lowest BCUT2D eigenvalue weighted by atomic mass is 9.95. The first-order chi connectivity index (χ1) is 11.6. The third-order valence-corrected chi connectivity index (χ3v) is 4.69. The summed E-state index contributed by atoms with van der Waals surface area (Å²) in [6.07, 6.45) is 6.87. The summed E-state index contributed by atoms with van der Waals surface area (Å²) in [5, 5.41) is 3.10. The number of hydrogen-bond acceptors (Lipinski definition) is 4. The van der Waals surface area contributed by atoms with Gasteiger partial charge >= 0.3 is 0 Å². The van der Waals surface area contributed by atoms with Crippen LogP contribution in [-0.2, 0) is 11.3 Å². The maximum Gasteiger partial charge on any atom is 0.223 e. The number of anilines is 1. The topological polar surface area (TPSA) is 58.1 Å². The fraction of sp³-hybridized carbons (Fsp3) is 0.421. The number of rotatable bonds is 4. The summed E-state index contributed by atoms with van der Waals surface area (Å²) in [4.78, 5) is 23.1. The van der Waals surface area contributed by atoms with Crippen LogP contribution in [0.25, 0.3) is 0 Å². The van der Waals surface area contributed by atoms with Gasteiger partial charge in [0.2, 0.25) is 5.91 Å². The van der Waals surface area contributed by atoms with E-state index in [4.69, 9.17) is 0 Å². The Morgan fingerprint density at radius 1 is 1.25 bits per heavy atom. The summed E-state index contributed by atoms with van der Waals surface area (Å²) in [5.74, 6) is 1.14. The maximum atomic E-state index is 12.4. The standard InChI is InChI=1S/C19H24N4O/c1-14-3-4-17(15(2)11-14)12-22-19(24)16-5-9-23(10-6-16)18-13-20-7-8-21-18/h3-4,7-8,11,13,16H,5-6,9-10,12H2,1-2H3,(H,22,24). The van der Waals surface area contributed by atoms with E-state index < -0.39 is 0 Å². The van der Waals surface area contributed by atoms with Crippen LogP contribution < -0.4 is 10.2 Å². The van der Waals surface area contributed by atoms with Crippen LogP contribution in [0.5, 0.6) is 0 Å². The molecule has 0 atom stereocenters. The average molecular weight is 324 g/mol. The van der Waals surface area contributed by atoms with Gasteiger partial charge in [-0.3, -0.25) is 9.78 Å². The number of nitrogens with one attached hydrogen (secondary N) is 1. The molecule has 2 heterocycles. The second-order valence-electron chi connectivity index (χ2n) is 6.47. The fourth-order valence-corrected chi connectivity index (χ4v) is 3.20. The molecular weight excluding hydrogens is 300 g/mol. The summed E-state index contributed by atoms with van der Waals surface area (Å²) >= 11 is 0. The minimum Gasteiger partial charge on any atom is -0.355 e. The van der Waals surface area contributed by atoms with Gasteiger partial charge in [-0.1, -0.05) is 23.8 Å². The van der Waals surface area contributed by atoms with Crippen molar-refractivity contribution in [1.29, 1.82) is 0 Å². The van der Waals surface area contributed by atoms with Crippen LogP contribution in [0.1, 0.15) is 29.5 Å². The third-order valence-electron chi connectivity index (χ3n) is 4.69. The highest BCUT2D eigenvalue weighted by Crippen LogP contribution is 2.21. The van der Waals surface area contributed by atoms with Crippen molar-refractivity contribution in [1.82, 2.24) is 15.3 Å². The molecule has 5 heteroatoms. The largest absolute Gasteiger partial charge is 0.355 e. The van der Waals surface area contributed by atoms with Crippen molar-refractivity contribution >= 4 is 11.7 Å². The van der Waals surface area contributed by atoms with Crippen LogP contribution >= 0.6 is 0 Å². The normalized spacial score (nSPS) is 15.3. The molecule has 1 saturated heterocycles. The molecule has 0 radical (unpaired) electrons. The molecule has 1 fully saturated rings. The number of piperidine rings is 1. The minimum atomic E-state index is 0.0867. The number of benzene rings is 1. The van der Waals surface area contributed by atoms with E-state index in [1.807, 2.05) is 0 Å². The highest BCUT2D eigenvalue weighted by Gasteiger charge is 2.25. The number of aromatic nitrogens is 2. The van der Waals surface area contributed by atoms with E-state index in [-0.39, 0.29) is 11.8 Å². The monoisotopic (exact) mass is 324 g/mol. The zero-order valence-electron chi connectivity index (χ0n) is 14.3. The van der Waals surface area contributed by atoms with E-state index in [1.54, 1.807) is 18.6 Å². The van der Waals surface area contributed by atoms with Gasteiger partial charge in [0.1, 0.15) is 5.82 Å². The van der Waals surface area contributed by atoms with Crippen molar-refractivity contribution in [3.63, 3.8) is 0 Å². The molecule has 126 valence electrons. The summed E-state index contributed by atoms with van der Waals surface area (Å²) in [5.41, 5.74) is 3.66.